The summed E-state index contributed by atoms with van der Waals surface area (Å²) in [7, 11) is 0. The third kappa shape index (κ3) is 7.58. The fraction of sp³-hybridized carbons (Fsp3) is 1.00. The summed E-state index contributed by atoms with van der Waals surface area (Å²) in [6, 6.07) is 0. The molecule has 0 aromatic heterocycles. The monoisotopic (exact) mass is 281 g/mol. The van der Waals surface area contributed by atoms with Gasteiger partial charge in [-0.15, -0.1) is 12.4 Å². The van der Waals surface area contributed by atoms with Gasteiger partial charge in [-0.05, 0) is 30.8 Å². The largest absolute Gasteiger partial charge is 0.270 e. The molecule has 3 heteroatoms. The van der Waals surface area contributed by atoms with E-state index in [0.29, 0.717) is 0 Å². The molecule has 1 aliphatic rings. The Hall–Kier alpha value is 0.600. The number of hydrogen-bond donors (Lipinski definition) is 1. The lowest BCUT2D eigenvalue weighted by atomic mass is 10.2. The number of nitrogens with zero attached hydrogens (tertiary/aromatic N) is 1. The molecule has 1 atom stereocenters. The summed E-state index contributed by atoms with van der Waals surface area (Å²) in [5.41, 5.74) is 0. The SMILES string of the molecule is CCCCCCC[SH](CC)N1CCCCC1.Cl. The van der Waals surface area contributed by atoms with E-state index in [4.69, 9.17) is 0 Å². The van der Waals surface area contributed by atoms with E-state index in [1.165, 1.54) is 76.0 Å². The molecule has 1 heterocycles. The van der Waals surface area contributed by atoms with E-state index in [1.54, 1.807) is 0 Å². The zero-order valence-electron chi connectivity index (χ0n) is 11.8. The first-order valence-corrected chi connectivity index (χ1v) is 9.04. The standard InChI is InChI=1S/C14H31NS.ClH/c1-3-5-6-7-11-14-16(4-2)15-12-9-8-10-13-15;/h16H,3-14H2,1-2H3;1H. The summed E-state index contributed by atoms with van der Waals surface area (Å²) in [6.07, 6.45) is 11.6. The van der Waals surface area contributed by atoms with Gasteiger partial charge >= 0.3 is 0 Å². The highest BCUT2D eigenvalue weighted by Gasteiger charge is 2.15. The Kier molecular flexibility index (Phi) is 12.1. The fourth-order valence-corrected chi connectivity index (χ4v) is 4.99. The average molecular weight is 282 g/mol. The summed E-state index contributed by atoms with van der Waals surface area (Å²) >= 11 is 0.236. The van der Waals surface area contributed by atoms with Crippen LogP contribution in [0.3, 0.4) is 0 Å². The summed E-state index contributed by atoms with van der Waals surface area (Å²) in [5, 5.41) is 0. The molecule has 0 saturated carbocycles. The quantitative estimate of drug-likeness (QED) is 0.494. The second kappa shape index (κ2) is 11.7. The van der Waals surface area contributed by atoms with Crippen LogP contribution >= 0.6 is 23.5 Å². The molecule has 0 bridgehead atoms. The van der Waals surface area contributed by atoms with Crippen molar-refractivity contribution < 1.29 is 0 Å². The van der Waals surface area contributed by atoms with Gasteiger partial charge in [0.1, 0.15) is 0 Å². The van der Waals surface area contributed by atoms with Gasteiger partial charge in [0.15, 0.2) is 0 Å². The van der Waals surface area contributed by atoms with Crippen molar-refractivity contribution in [2.75, 3.05) is 24.6 Å². The van der Waals surface area contributed by atoms with Crippen molar-refractivity contribution in [3.05, 3.63) is 0 Å². The van der Waals surface area contributed by atoms with Gasteiger partial charge in [0, 0.05) is 13.1 Å². The van der Waals surface area contributed by atoms with Gasteiger partial charge < -0.3 is 0 Å². The van der Waals surface area contributed by atoms with E-state index in [1.807, 2.05) is 0 Å². The van der Waals surface area contributed by atoms with Crippen molar-refractivity contribution in [1.29, 1.82) is 0 Å². The number of unbranched alkanes of at least 4 members (excludes halogenated alkanes) is 4. The van der Waals surface area contributed by atoms with E-state index >= 15 is 0 Å². The molecule has 0 aromatic carbocycles. The fourth-order valence-electron chi connectivity index (χ4n) is 2.56. The molecule has 0 aliphatic carbocycles. The highest BCUT2D eigenvalue weighted by molar-refractivity contribution is 8.14. The molecule has 0 radical (unpaired) electrons. The topological polar surface area (TPSA) is 3.24 Å². The molecule has 1 aliphatic heterocycles. The predicted molar refractivity (Wildman–Crippen MR) is 85.8 cm³/mol. The number of piperidine rings is 1. The molecule has 0 spiro atoms. The van der Waals surface area contributed by atoms with Crippen LogP contribution < -0.4 is 0 Å². The van der Waals surface area contributed by atoms with Crippen LogP contribution in [0.25, 0.3) is 0 Å². The van der Waals surface area contributed by atoms with Gasteiger partial charge in [0.2, 0.25) is 0 Å². The lowest BCUT2D eigenvalue weighted by Gasteiger charge is -2.37. The molecule has 1 saturated heterocycles. The van der Waals surface area contributed by atoms with Gasteiger partial charge in [-0.2, -0.15) is 11.1 Å². The summed E-state index contributed by atoms with van der Waals surface area (Å²) in [5.74, 6) is 2.93. The molecular formula is C14H32ClNS. The smallest absolute Gasteiger partial charge is 0.00717 e. The minimum absolute atomic E-state index is 0. The maximum absolute atomic E-state index is 2.82. The zero-order chi connectivity index (χ0) is 11.6. The molecule has 1 rings (SSSR count). The highest BCUT2D eigenvalue weighted by atomic mass is 35.5. The van der Waals surface area contributed by atoms with Crippen LogP contribution in [0.4, 0.5) is 0 Å². The maximum Gasteiger partial charge on any atom is 0.00717 e. The Balaban J connectivity index is 0.00000256. The zero-order valence-corrected chi connectivity index (χ0v) is 13.5. The van der Waals surface area contributed by atoms with E-state index in [0.717, 1.165) is 0 Å². The Labute approximate surface area is 118 Å². The van der Waals surface area contributed by atoms with Crippen molar-refractivity contribution in [3.8, 4) is 0 Å². The first kappa shape index (κ1) is 17.6. The Morgan fingerprint density at radius 1 is 0.882 bits per heavy atom. The van der Waals surface area contributed by atoms with E-state index in [9.17, 15) is 0 Å². The molecule has 1 unspecified atom stereocenters. The minimum atomic E-state index is 0. The molecular weight excluding hydrogens is 250 g/mol. The van der Waals surface area contributed by atoms with Crippen molar-refractivity contribution in [3.63, 3.8) is 0 Å². The van der Waals surface area contributed by atoms with Gasteiger partial charge in [0.05, 0.1) is 0 Å². The molecule has 1 nitrogen and oxygen atoms in total. The van der Waals surface area contributed by atoms with Gasteiger partial charge in [-0.3, -0.25) is 4.31 Å². The maximum atomic E-state index is 2.82. The number of halogens is 1. The van der Waals surface area contributed by atoms with Crippen molar-refractivity contribution in [1.82, 2.24) is 4.31 Å². The van der Waals surface area contributed by atoms with Gasteiger partial charge in [0.25, 0.3) is 0 Å². The Morgan fingerprint density at radius 3 is 2.12 bits per heavy atom. The van der Waals surface area contributed by atoms with Gasteiger partial charge in [-0.1, -0.05) is 46.0 Å². The molecule has 17 heavy (non-hydrogen) atoms. The predicted octanol–water partition coefficient (Wildman–Crippen LogP) is 4.80. The van der Waals surface area contributed by atoms with Crippen LogP contribution in [0.5, 0.6) is 0 Å². The van der Waals surface area contributed by atoms with Crippen LogP contribution in [-0.4, -0.2) is 28.9 Å². The lowest BCUT2D eigenvalue weighted by Crippen LogP contribution is -2.28. The average Bonchev–Trinajstić information content (AvgIpc) is 2.35. The first-order chi connectivity index (χ1) is 7.88. The van der Waals surface area contributed by atoms with Gasteiger partial charge in [-0.25, -0.2) is 0 Å². The van der Waals surface area contributed by atoms with E-state index < -0.39 is 0 Å². The summed E-state index contributed by atoms with van der Waals surface area (Å²) in [6.45, 7) is 7.49. The highest BCUT2D eigenvalue weighted by Crippen LogP contribution is 2.34. The second-order valence-corrected chi connectivity index (χ2v) is 7.63. The normalized spacial score (nSPS) is 19.8. The minimum Gasteiger partial charge on any atom is -0.270 e. The molecule has 106 valence electrons. The molecule has 0 N–H and O–H groups in total. The lowest BCUT2D eigenvalue weighted by molar-refractivity contribution is 0.375. The number of hydrogen-bond acceptors (Lipinski definition) is 1. The van der Waals surface area contributed by atoms with E-state index in [-0.39, 0.29) is 23.5 Å². The van der Waals surface area contributed by atoms with Crippen LogP contribution in [0.1, 0.15) is 65.2 Å². The second-order valence-electron chi connectivity index (χ2n) is 4.97. The van der Waals surface area contributed by atoms with Crippen LogP contribution in [0, 0.1) is 0 Å². The molecule has 0 aromatic rings. The van der Waals surface area contributed by atoms with Crippen molar-refractivity contribution in [2.45, 2.75) is 65.2 Å². The Bertz CT molecular complexity index is 160. The molecule has 0 amide bonds. The van der Waals surface area contributed by atoms with Crippen LogP contribution in [-0.2, 0) is 0 Å². The third-order valence-corrected chi connectivity index (χ3v) is 6.38. The first-order valence-electron chi connectivity index (χ1n) is 7.38. The summed E-state index contributed by atoms with van der Waals surface area (Å²) < 4.78 is 2.82. The van der Waals surface area contributed by atoms with E-state index in [2.05, 4.69) is 18.2 Å². The summed E-state index contributed by atoms with van der Waals surface area (Å²) in [4.78, 5) is 0. The Morgan fingerprint density at radius 2 is 1.53 bits per heavy atom. The molecule has 1 fully saturated rings. The third-order valence-electron chi connectivity index (χ3n) is 3.62. The number of thiol groups is 1. The van der Waals surface area contributed by atoms with Crippen molar-refractivity contribution >= 4 is 23.5 Å². The number of rotatable bonds is 8. The van der Waals surface area contributed by atoms with Crippen molar-refractivity contribution in [2.24, 2.45) is 0 Å². The van der Waals surface area contributed by atoms with Crippen LogP contribution in [0.2, 0.25) is 0 Å². The van der Waals surface area contributed by atoms with Crippen LogP contribution in [0.15, 0.2) is 0 Å².